The van der Waals surface area contributed by atoms with Gasteiger partial charge in [-0.15, -0.1) is 0 Å². The monoisotopic (exact) mass is 291 g/mol. The highest BCUT2D eigenvalue weighted by Gasteiger charge is 2.21. The fourth-order valence-electron chi connectivity index (χ4n) is 1.31. The van der Waals surface area contributed by atoms with Crippen LogP contribution in [0.5, 0.6) is 0 Å². The Balaban J connectivity index is 2.61. The molecule has 0 unspecified atom stereocenters. The van der Waals surface area contributed by atoms with E-state index in [1.807, 2.05) is 0 Å². The zero-order chi connectivity index (χ0) is 16.0. The summed E-state index contributed by atoms with van der Waals surface area (Å²) in [5.41, 5.74) is -0.124. The number of ether oxygens (including phenoxy) is 1. The van der Waals surface area contributed by atoms with Gasteiger partial charge in [0.25, 0.3) is 5.69 Å². The average Bonchev–Trinajstić information content (AvgIpc) is 2.41. The first-order valence-corrected chi connectivity index (χ1v) is 6.33. The predicted molar refractivity (Wildman–Crippen MR) is 77.6 cm³/mol. The lowest BCUT2D eigenvalue weighted by Gasteiger charge is -2.15. The van der Waals surface area contributed by atoms with Crippen molar-refractivity contribution in [2.24, 2.45) is 5.41 Å². The minimum atomic E-state index is -0.667. The number of nitro benzene ring substituents is 1. The van der Waals surface area contributed by atoms with E-state index in [0.717, 1.165) is 6.08 Å². The molecule has 1 aromatic rings. The molecule has 0 atom stereocenters. The number of hydrogen-bond donors (Lipinski definition) is 0. The second kappa shape index (κ2) is 6.78. The molecule has 1 aromatic carbocycles. The van der Waals surface area contributed by atoms with Gasteiger partial charge in [-0.3, -0.25) is 14.9 Å². The van der Waals surface area contributed by atoms with Gasteiger partial charge in [0, 0.05) is 23.6 Å². The number of rotatable bonds is 5. The van der Waals surface area contributed by atoms with Gasteiger partial charge in [-0.1, -0.05) is 32.9 Å². The van der Waals surface area contributed by atoms with Crippen LogP contribution in [0.2, 0.25) is 0 Å². The summed E-state index contributed by atoms with van der Waals surface area (Å²) in [6, 6.07) is 5.84. The van der Waals surface area contributed by atoms with E-state index in [0.29, 0.717) is 5.56 Å². The van der Waals surface area contributed by atoms with Crippen molar-refractivity contribution in [2.75, 3.05) is 6.61 Å². The lowest BCUT2D eigenvalue weighted by Crippen LogP contribution is -2.25. The van der Waals surface area contributed by atoms with Crippen LogP contribution in [0.3, 0.4) is 0 Å². The maximum absolute atomic E-state index is 11.6. The minimum absolute atomic E-state index is 0.0616. The predicted octanol–water partition coefficient (Wildman–Crippen LogP) is 2.77. The molecule has 0 aliphatic carbocycles. The molecule has 0 aliphatic rings. The Morgan fingerprint density at radius 2 is 2.00 bits per heavy atom. The molecule has 0 radical (unpaired) electrons. The van der Waals surface area contributed by atoms with Crippen LogP contribution in [-0.2, 0) is 14.3 Å². The molecule has 0 amide bonds. The van der Waals surface area contributed by atoms with Crippen LogP contribution >= 0.6 is 0 Å². The smallest absolute Gasteiger partial charge is 0.331 e. The molecule has 6 heteroatoms. The van der Waals surface area contributed by atoms with Gasteiger partial charge >= 0.3 is 5.97 Å². The number of esters is 1. The summed E-state index contributed by atoms with van der Waals surface area (Å²) in [5.74, 6) is -0.848. The number of nitrogens with zero attached hydrogens (tertiary/aromatic N) is 1. The van der Waals surface area contributed by atoms with Crippen molar-refractivity contribution in [3.8, 4) is 0 Å². The maximum Gasteiger partial charge on any atom is 0.331 e. The van der Waals surface area contributed by atoms with E-state index >= 15 is 0 Å². The van der Waals surface area contributed by atoms with E-state index in [1.54, 1.807) is 26.8 Å². The van der Waals surface area contributed by atoms with Gasteiger partial charge in [0.15, 0.2) is 12.4 Å². The van der Waals surface area contributed by atoms with Gasteiger partial charge in [0.05, 0.1) is 4.92 Å². The van der Waals surface area contributed by atoms with Crippen molar-refractivity contribution in [3.05, 3.63) is 46.0 Å². The number of Topliss-reactive ketones (excluding diaryl/α,β-unsaturated/α-hetero) is 1. The van der Waals surface area contributed by atoms with Crippen molar-refractivity contribution in [1.82, 2.24) is 0 Å². The number of ketones is 1. The van der Waals surface area contributed by atoms with Gasteiger partial charge < -0.3 is 4.74 Å². The van der Waals surface area contributed by atoms with Crippen LogP contribution in [0.1, 0.15) is 26.3 Å². The Bertz CT molecular complexity index is 584. The van der Waals surface area contributed by atoms with Crippen molar-refractivity contribution >= 4 is 23.5 Å². The second-order valence-electron chi connectivity index (χ2n) is 5.47. The summed E-state index contributed by atoms with van der Waals surface area (Å²) >= 11 is 0. The van der Waals surface area contributed by atoms with Crippen molar-refractivity contribution in [1.29, 1.82) is 0 Å². The minimum Gasteiger partial charge on any atom is -0.455 e. The van der Waals surface area contributed by atoms with Crippen molar-refractivity contribution in [3.63, 3.8) is 0 Å². The summed E-state index contributed by atoms with van der Waals surface area (Å²) in [7, 11) is 0. The molecular weight excluding hydrogens is 274 g/mol. The second-order valence-corrected chi connectivity index (χ2v) is 5.47. The highest BCUT2D eigenvalue weighted by atomic mass is 16.6. The lowest BCUT2D eigenvalue weighted by molar-refractivity contribution is -0.384. The number of benzene rings is 1. The highest BCUT2D eigenvalue weighted by Crippen LogP contribution is 2.15. The third-order valence-electron chi connectivity index (χ3n) is 2.67. The molecule has 0 saturated carbocycles. The van der Waals surface area contributed by atoms with E-state index in [2.05, 4.69) is 0 Å². The normalized spacial score (nSPS) is 11.4. The van der Waals surface area contributed by atoms with Gasteiger partial charge in [0.1, 0.15) is 0 Å². The maximum atomic E-state index is 11.6. The molecule has 0 spiro atoms. The molecule has 0 heterocycles. The molecule has 6 nitrogen and oxygen atoms in total. The number of non-ortho nitro benzene ring substituents is 1. The van der Waals surface area contributed by atoms with Crippen LogP contribution in [0.25, 0.3) is 6.08 Å². The van der Waals surface area contributed by atoms with E-state index in [4.69, 9.17) is 4.74 Å². The molecular formula is C15H17NO5. The molecule has 0 aliphatic heterocycles. The third-order valence-corrected chi connectivity index (χ3v) is 2.67. The van der Waals surface area contributed by atoms with Crippen LogP contribution in [0.15, 0.2) is 30.3 Å². The van der Waals surface area contributed by atoms with Crippen LogP contribution in [0, 0.1) is 15.5 Å². The zero-order valence-corrected chi connectivity index (χ0v) is 12.2. The zero-order valence-electron chi connectivity index (χ0n) is 12.2. The van der Waals surface area contributed by atoms with Crippen molar-refractivity contribution in [2.45, 2.75) is 20.8 Å². The molecule has 0 aromatic heterocycles. The lowest BCUT2D eigenvalue weighted by atomic mass is 9.91. The Labute approximate surface area is 122 Å². The van der Waals surface area contributed by atoms with Gasteiger partial charge in [0.2, 0.25) is 0 Å². The third kappa shape index (κ3) is 5.56. The van der Waals surface area contributed by atoms with E-state index in [1.165, 1.54) is 24.3 Å². The topological polar surface area (TPSA) is 86.5 Å². The molecule has 112 valence electrons. The first kappa shape index (κ1) is 16.6. The summed E-state index contributed by atoms with van der Waals surface area (Å²) in [6.45, 7) is 4.92. The average molecular weight is 291 g/mol. The van der Waals surface area contributed by atoms with Gasteiger partial charge in [-0.25, -0.2) is 4.79 Å². The summed E-state index contributed by atoms with van der Waals surface area (Å²) in [5, 5.41) is 10.6. The Kier molecular flexibility index (Phi) is 5.35. The van der Waals surface area contributed by atoms with E-state index in [-0.39, 0.29) is 18.1 Å². The van der Waals surface area contributed by atoms with E-state index < -0.39 is 16.3 Å². The Hall–Kier alpha value is -2.50. The Morgan fingerprint density at radius 1 is 1.33 bits per heavy atom. The van der Waals surface area contributed by atoms with E-state index in [9.17, 15) is 19.7 Å². The fourth-order valence-corrected chi connectivity index (χ4v) is 1.31. The number of nitro groups is 1. The summed E-state index contributed by atoms with van der Waals surface area (Å²) in [4.78, 5) is 33.2. The largest absolute Gasteiger partial charge is 0.455 e. The van der Waals surface area contributed by atoms with Crippen LogP contribution in [0.4, 0.5) is 5.69 Å². The first-order valence-electron chi connectivity index (χ1n) is 6.33. The van der Waals surface area contributed by atoms with Crippen LogP contribution < -0.4 is 0 Å². The van der Waals surface area contributed by atoms with Crippen LogP contribution in [-0.4, -0.2) is 23.3 Å². The molecule has 21 heavy (non-hydrogen) atoms. The molecule has 0 saturated heterocycles. The quantitative estimate of drug-likeness (QED) is 0.360. The van der Waals surface area contributed by atoms with Gasteiger partial charge in [-0.05, 0) is 11.6 Å². The molecule has 0 bridgehead atoms. The standard InChI is InChI=1S/C15H17NO5/c1-15(2,3)13(17)10-21-14(18)8-7-11-5-4-6-12(9-11)16(19)20/h4-9H,10H2,1-3H3. The first-order chi connectivity index (χ1) is 9.70. The molecule has 0 fully saturated rings. The fraction of sp³-hybridized carbons (Fsp3) is 0.333. The SMILES string of the molecule is CC(C)(C)C(=O)COC(=O)C=Cc1cccc([N+](=O)[O-])c1. The summed E-state index contributed by atoms with van der Waals surface area (Å²) in [6.07, 6.45) is 2.53. The molecule has 0 N–H and O–H groups in total. The van der Waals surface area contributed by atoms with Gasteiger partial charge in [-0.2, -0.15) is 0 Å². The number of carbonyl (C=O) groups is 2. The number of carbonyl (C=O) groups excluding carboxylic acids is 2. The Morgan fingerprint density at radius 3 is 2.57 bits per heavy atom. The van der Waals surface area contributed by atoms with Crippen molar-refractivity contribution < 1.29 is 19.2 Å². The summed E-state index contributed by atoms with van der Waals surface area (Å²) < 4.78 is 4.82. The molecule has 1 rings (SSSR count). The highest BCUT2D eigenvalue weighted by molar-refractivity contribution is 5.91. The number of hydrogen-bond acceptors (Lipinski definition) is 5.